The van der Waals surface area contributed by atoms with E-state index in [-0.39, 0.29) is 55.1 Å². The first-order valence-electron chi connectivity index (χ1n) is 12.6. The number of para-hydroxylation sites is 1. The number of benzene rings is 2. The van der Waals surface area contributed by atoms with Gasteiger partial charge in [0.15, 0.2) is 0 Å². The molecule has 6 N–H and O–H groups in total. The van der Waals surface area contributed by atoms with Crippen molar-refractivity contribution in [1.82, 2.24) is 20.4 Å². The number of hydrogen-bond donors (Lipinski definition) is 6. The molecule has 2 aliphatic heterocycles. The predicted molar refractivity (Wildman–Crippen MR) is 141 cm³/mol. The maximum absolute atomic E-state index is 15.2. The Morgan fingerprint density at radius 3 is 2.37 bits per heavy atom. The van der Waals surface area contributed by atoms with Crippen LogP contribution in [0, 0.1) is 11.6 Å². The van der Waals surface area contributed by atoms with Crippen molar-refractivity contribution >= 4 is 49.7 Å². The van der Waals surface area contributed by atoms with Gasteiger partial charge in [-0.05, 0) is 37.1 Å². The summed E-state index contributed by atoms with van der Waals surface area (Å²) in [6, 6.07) is 0.899. The number of halogens is 2. The van der Waals surface area contributed by atoms with Crippen LogP contribution >= 0.6 is 7.60 Å². The number of carbonyl (C=O) groups excluding carboxylic acids is 4. The summed E-state index contributed by atoms with van der Waals surface area (Å²) in [5.74, 6) is -9.82. The highest BCUT2D eigenvalue weighted by molar-refractivity contribution is 7.60. The van der Waals surface area contributed by atoms with Gasteiger partial charge in [-0.1, -0.05) is 12.1 Å². The Labute approximate surface area is 241 Å². The number of rotatable bonds is 7. The summed E-state index contributed by atoms with van der Waals surface area (Å²) in [7, 11) is -7.01. The van der Waals surface area contributed by atoms with Gasteiger partial charge in [0, 0.05) is 19.6 Å². The van der Waals surface area contributed by atoms with Gasteiger partial charge >= 0.3 is 38.5 Å². The molecule has 0 bridgehead atoms. The molecule has 5 amide bonds. The molecule has 2 aromatic rings. The van der Waals surface area contributed by atoms with Gasteiger partial charge in [0.25, 0.3) is 0 Å². The largest absolute Gasteiger partial charge is 0.547 e. The quantitative estimate of drug-likeness (QED) is 0.125. The Morgan fingerprint density at radius 2 is 1.79 bits per heavy atom. The van der Waals surface area contributed by atoms with E-state index < -0.39 is 78.9 Å². The van der Waals surface area contributed by atoms with Crippen molar-refractivity contribution in [2.45, 2.75) is 25.3 Å². The van der Waals surface area contributed by atoms with Crippen molar-refractivity contribution in [2.24, 2.45) is 0 Å². The molecule has 2 heterocycles. The number of nitrogens with zero attached hydrogens (tertiary/aromatic N) is 2. The number of likely N-dealkylation sites (N-methyl/N-ethyl adjacent to an activating group) is 1. The maximum Gasteiger partial charge on any atom is 0.547 e. The number of nitrogens with one attached hydrogen (secondary N) is 2. The molecule has 1 saturated heterocycles. The Hall–Kier alpha value is -4.38. The second-order valence-corrected chi connectivity index (χ2v) is 11.1. The van der Waals surface area contributed by atoms with Crippen molar-refractivity contribution in [2.75, 3.05) is 19.6 Å². The van der Waals surface area contributed by atoms with Crippen LogP contribution in [0.4, 0.5) is 13.6 Å². The Morgan fingerprint density at radius 1 is 1.14 bits per heavy atom. The Balaban J connectivity index is 1.67. The number of carboxylic acids is 1. The average molecular weight is 624 g/mol. The number of fused-ring (bicyclic) bond motifs is 1. The number of urea groups is 1. The van der Waals surface area contributed by atoms with Gasteiger partial charge in [-0.3, -0.25) is 23.8 Å². The summed E-state index contributed by atoms with van der Waals surface area (Å²) in [4.78, 5) is 83.0. The van der Waals surface area contributed by atoms with E-state index in [1.165, 1.54) is 18.2 Å². The van der Waals surface area contributed by atoms with Crippen LogP contribution in [0.3, 0.4) is 0 Å². The number of piperazine rings is 1. The molecule has 2 aliphatic rings. The first kappa shape index (κ1) is 31.6. The molecule has 4 rings (SSSR count). The van der Waals surface area contributed by atoms with Gasteiger partial charge in [0.2, 0.25) is 5.91 Å². The van der Waals surface area contributed by atoms with Crippen molar-refractivity contribution < 1.29 is 61.9 Å². The zero-order valence-corrected chi connectivity index (χ0v) is 23.1. The predicted octanol–water partition coefficient (Wildman–Crippen LogP) is -0.953. The summed E-state index contributed by atoms with van der Waals surface area (Å²) in [5.41, 5.74) is -1.20. The smallest absolute Gasteiger partial charge is 0.534 e. The molecule has 15 nitrogen and oxygen atoms in total. The highest BCUT2D eigenvalue weighted by Crippen LogP contribution is 2.35. The van der Waals surface area contributed by atoms with E-state index in [4.69, 9.17) is 4.65 Å². The minimum atomic E-state index is -5.15. The van der Waals surface area contributed by atoms with Crippen LogP contribution in [0.2, 0.25) is 0 Å². The molecule has 1 unspecified atom stereocenters. The van der Waals surface area contributed by atoms with E-state index in [0.29, 0.717) is 4.90 Å². The highest BCUT2D eigenvalue weighted by Gasteiger charge is 2.42. The van der Waals surface area contributed by atoms with Crippen LogP contribution in [0.5, 0.6) is 5.75 Å². The number of carboxylic acid groups (broad SMARTS) is 1. The summed E-state index contributed by atoms with van der Waals surface area (Å²) in [5, 5.41) is 23.1. The monoisotopic (exact) mass is 624 g/mol. The van der Waals surface area contributed by atoms with Crippen LogP contribution in [0.1, 0.15) is 34.5 Å². The topological polar surface area (TPSA) is 223 Å². The summed E-state index contributed by atoms with van der Waals surface area (Å²) >= 11 is 0. The maximum atomic E-state index is 15.2. The molecule has 0 radical (unpaired) electrons. The average Bonchev–Trinajstić information content (AvgIpc) is 2.92. The fourth-order valence-electron chi connectivity index (χ4n) is 4.64. The van der Waals surface area contributed by atoms with E-state index >= 15 is 8.78 Å². The normalized spacial score (nSPS) is 17.6. The zero-order chi connectivity index (χ0) is 31.8. The molecule has 0 aliphatic carbocycles. The molecule has 0 spiro atoms. The molecule has 43 heavy (non-hydrogen) atoms. The van der Waals surface area contributed by atoms with Gasteiger partial charge in [-0.2, -0.15) is 0 Å². The highest BCUT2D eigenvalue weighted by atomic mass is 31.2. The number of amides is 5. The third-order valence-electron chi connectivity index (χ3n) is 6.83. The lowest BCUT2D eigenvalue weighted by Crippen LogP contribution is -2.60. The minimum Gasteiger partial charge on any atom is -0.534 e. The third-order valence-corrected chi connectivity index (χ3v) is 7.76. The molecule has 2 aromatic carbocycles. The Bertz CT molecular complexity index is 1550. The summed E-state index contributed by atoms with van der Waals surface area (Å²) < 4.78 is 47.2. The molecule has 0 aromatic heterocycles. The third kappa shape index (κ3) is 6.36. The first-order chi connectivity index (χ1) is 20.1. The molecule has 2 atom stereocenters. The summed E-state index contributed by atoms with van der Waals surface area (Å²) in [6.45, 7) is 1.38. The van der Waals surface area contributed by atoms with Gasteiger partial charge in [0.05, 0.1) is 22.4 Å². The lowest BCUT2D eigenvalue weighted by atomic mass is 9.72. The molecular weight excluding hydrogens is 600 g/mol. The van der Waals surface area contributed by atoms with Gasteiger partial charge < -0.3 is 40.1 Å². The molecule has 1 fully saturated rings. The van der Waals surface area contributed by atoms with E-state index in [9.17, 15) is 48.5 Å². The fraction of sp³-hybridized carbons (Fsp3) is 0.292. The van der Waals surface area contributed by atoms with Crippen molar-refractivity contribution in [3.8, 4) is 5.75 Å². The number of carbonyl (C=O) groups is 5. The van der Waals surface area contributed by atoms with Crippen molar-refractivity contribution in [1.29, 1.82) is 0 Å². The van der Waals surface area contributed by atoms with E-state index in [1.807, 2.05) is 5.32 Å². The summed E-state index contributed by atoms with van der Waals surface area (Å²) in [6.07, 6.45) is -0.224. The van der Waals surface area contributed by atoms with Crippen molar-refractivity contribution in [3.05, 3.63) is 58.7 Å². The minimum absolute atomic E-state index is 0.0611. The van der Waals surface area contributed by atoms with E-state index in [0.717, 1.165) is 4.90 Å². The SMILES string of the molecule is CCN1CCN(C(=O)NC(C(=O)N[C@H]2Cc3cccc(C(=O)O)c3OB2O)c2c(F)cc(P(=O)(O)O)cc2F)C(=O)C1=O. The fourth-order valence-corrected chi connectivity index (χ4v) is 5.20. The van der Waals surface area contributed by atoms with Gasteiger partial charge in [-0.25, -0.2) is 18.4 Å². The zero-order valence-electron chi connectivity index (χ0n) is 22.2. The van der Waals surface area contributed by atoms with Crippen LogP contribution in [-0.4, -0.2) is 92.1 Å². The van der Waals surface area contributed by atoms with Crippen LogP contribution < -0.4 is 20.6 Å². The number of imide groups is 1. The second-order valence-electron chi connectivity index (χ2n) is 9.52. The molecule has 228 valence electrons. The standard InChI is InChI=1S/C24H24BF2N4O11P/c1-2-30-6-7-31(22(34)21(30)33)24(37)29-18(17-14(26)9-12(10-15(17)27)43(39,40)41)20(32)28-16-8-11-4-3-5-13(23(35)36)19(11)42-25(16)38/h3-5,9-10,16,18,38H,2,6-8H2,1H3,(H,28,32)(H,29,37)(H,35,36)(H2,39,40,41)/t16-,18?/m0/s1. The van der Waals surface area contributed by atoms with Gasteiger partial charge in [0.1, 0.15) is 23.4 Å². The van der Waals surface area contributed by atoms with E-state index in [2.05, 4.69) is 5.32 Å². The number of aromatic carboxylic acids is 1. The molecule has 19 heteroatoms. The lowest BCUT2D eigenvalue weighted by molar-refractivity contribution is -0.153. The second kappa shape index (κ2) is 12.1. The Kier molecular flexibility index (Phi) is 8.87. The van der Waals surface area contributed by atoms with Gasteiger partial charge in [-0.15, -0.1) is 0 Å². The lowest BCUT2D eigenvalue weighted by Gasteiger charge is -2.33. The van der Waals surface area contributed by atoms with Crippen LogP contribution in [0.25, 0.3) is 0 Å². The van der Waals surface area contributed by atoms with Crippen LogP contribution in [0.15, 0.2) is 30.3 Å². The van der Waals surface area contributed by atoms with Crippen LogP contribution in [-0.2, 0) is 25.4 Å². The number of hydrogen-bond acceptors (Lipinski definition) is 8. The molecule has 0 saturated carbocycles. The van der Waals surface area contributed by atoms with Crippen molar-refractivity contribution in [3.63, 3.8) is 0 Å². The van der Waals surface area contributed by atoms with E-state index in [1.54, 1.807) is 6.92 Å². The first-order valence-corrected chi connectivity index (χ1v) is 14.2. The molecular formula is C24H24BF2N4O11P.